The molecule has 2 atom stereocenters. The van der Waals surface area contributed by atoms with Crippen LogP contribution in [0.5, 0.6) is 0 Å². The number of hydrogen-bond donors (Lipinski definition) is 3. The van der Waals surface area contributed by atoms with Gasteiger partial charge in [0.1, 0.15) is 0 Å². The fourth-order valence-electron chi connectivity index (χ4n) is 9.28. The normalized spacial score (nSPS) is 12.6. The van der Waals surface area contributed by atoms with E-state index in [1.807, 2.05) is 0 Å². The summed E-state index contributed by atoms with van der Waals surface area (Å²) in [5.41, 5.74) is 0. The highest BCUT2D eigenvalue weighted by molar-refractivity contribution is 5.76. The summed E-state index contributed by atoms with van der Waals surface area (Å²) in [4.78, 5) is 24.5. The second kappa shape index (κ2) is 55.2. The summed E-state index contributed by atoms with van der Waals surface area (Å²) in [7, 11) is 0. The van der Waals surface area contributed by atoms with Crippen LogP contribution in [-0.2, 0) is 14.3 Å². The quantitative estimate of drug-likeness (QED) is 0.0321. The van der Waals surface area contributed by atoms with E-state index < -0.39 is 12.1 Å². The van der Waals surface area contributed by atoms with Crippen molar-refractivity contribution in [2.75, 3.05) is 13.2 Å². The van der Waals surface area contributed by atoms with Gasteiger partial charge in [0.05, 0.1) is 25.4 Å². The van der Waals surface area contributed by atoms with Crippen LogP contribution < -0.4 is 5.32 Å². The number of carbonyl (C=O) groups excluding carboxylic acids is 2. The Bertz CT molecular complexity index is 970. The van der Waals surface area contributed by atoms with Crippen molar-refractivity contribution in [3.8, 4) is 0 Å². The molecule has 6 heteroatoms. The fourth-order valence-corrected chi connectivity index (χ4v) is 9.28. The van der Waals surface area contributed by atoms with Gasteiger partial charge >= 0.3 is 5.97 Å². The topological polar surface area (TPSA) is 95.9 Å². The minimum atomic E-state index is -0.665. The van der Waals surface area contributed by atoms with Gasteiger partial charge in [-0.25, -0.2) is 0 Å². The van der Waals surface area contributed by atoms with Gasteiger partial charge in [0.2, 0.25) is 5.91 Å². The molecule has 3 N–H and O–H groups in total. The second-order valence-electron chi connectivity index (χ2n) is 20.3. The highest BCUT2D eigenvalue weighted by atomic mass is 16.5. The van der Waals surface area contributed by atoms with Crippen molar-refractivity contribution in [3.63, 3.8) is 0 Å². The third kappa shape index (κ3) is 51.8. The molecule has 0 radical (unpaired) electrons. The summed E-state index contributed by atoms with van der Waals surface area (Å²) in [6.45, 7) is 4.96. The smallest absolute Gasteiger partial charge is 0.305 e. The Hall–Kier alpha value is -1.40. The van der Waals surface area contributed by atoms with Crippen molar-refractivity contribution in [2.24, 2.45) is 0 Å². The largest absolute Gasteiger partial charge is 0.466 e. The van der Waals surface area contributed by atoms with Gasteiger partial charge in [-0.3, -0.25) is 9.59 Å². The number of allylic oxidation sites excluding steroid dienone is 2. The van der Waals surface area contributed by atoms with Gasteiger partial charge < -0.3 is 20.3 Å². The maximum Gasteiger partial charge on any atom is 0.305 e. The van der Waals surface area contributed by atoms with Gasteiger partial charge in [0.25, 0.3) is 0 Å². The predicted molar refractivity (Wildman–Crippen MR) is 283 cm³/mol. The van der Waals surface area contributed by atoms with E-state index in [0.717, 1.165) is 38.5 Å². The average Bonchev–Trinajstić information content (AvgIpc) is 3.31. The van der Waals surface area contributed by atoms with Gasteiger partial charge in [-0.2, -0.15) is 0 Å². The zero-order valence-electron chi connectivity index (χ0n) is 44.0. The molecule has 0 aromatic heterocycles. The number of nitrogens with one attached hydrogen (secondary N) is 1. The summed E-state index contributed by atoms with van der Waals surface area (Å²) in [5.74, 6) is -0.0252. The van der Waals surface area contributed by atoms with E-state index in [9.17, 15) is 19.8 Å². The molecule has 0 fully saturated rings. The van der Waals surface area contributed by atoms with Crippen molar-refractivity contribution in [1.82, 2.24) is 5.32 Å². The van der Waals surface area contributed by atoms with E-state index in [0.29, 0.717) is 25.9 Å². The molecule has 0 aromatic rings. The van der Waals surface area contributed by atoms with E-state index >= 15 is 0 Å². The third-order valence-electron chi connectivity index (χ3n) is 13.8. The summed E-state index contributed by atoms with van der Waals surface area (Å²) in [6.07, 6.45) is 65.0. The Morgan fingerprint density at radius 1 is 0.415 bits per heavy atom. The molecular formula is C59H115NO5. The molecule has 0 rings (SSSR count). The van der Waals surface area contributed by atoms with Crippen molar-refractivity contribution < 1.29 is 24.5 Å². The van der Waals surface area contributed by atoms with E-state index in [-0.39, 0.29) is 18.5 Å². The molecule has 0 spiro atoms. The highest BCUT2D eigenvalue weighted by Gasteiger charge is 2.20. The summed E-state index contributed by atoms with van der Waals surface area (Å²) < 4.78 is 5.47. The van der Waals surface area contributed by atoms with Crippen LogP contribution in [0.3, 0.4) is 0 Å². The molecule has 0 bridgehead atoms. The molecule has 0 aliphatic heterocycles. The lowest BCUT2D eigenvalue weighted by atomic mass is 10.0. The number of amides is 1. The lowest BCUT2D eigenvalue weighted by molar-refractivity contribution is -0.143. The Morgan fingerprint density at radius 3 is 1.09 bits per heavy atom. The van der Waals surface area contributed by atoms with Gasteiger partial charge in [-0.15, -0.1) is 0 Å². The summed E-state index contributed by atoms with van der Waals surface area (Å²) in [5, 5.41) is 23.2. The Labute approximate surface area is 406 Å². The van der Waals surface area contributed by atoms with E-state index in [4.69, 9.17) is 4.74 Å². The monoisotopic (exact) mass is 918 g/mol. The van der Waals surface area contributed by atoms with Crippen LogP contribution in [0, 0.1) is 0 Å². The lowest BCUT2D eigenvalue weighted by Gasteiger charge is -2.22. The molecule has 0 saturated carbocycles. The molecule has 0 saturated heterocycles. The number of carbonyl (C=O) groups is 2. The average molecular weight is 919 g/mol. The first-order chi connectivity index (χ1) is 32.0. The minimum absolute atomic E-state index is 0.0136. The van der Waals surface area contributed by atoms with Gasteiger partial charge in [0, 0.05) is 12.8 Å². The molecule has 0 aliphatic carbocycles. The Balaban J connectivity index is 3.38. The number of rotatable bonds is 55. The SMILES string of the molecule is CCCCCCCCCCCCCCC(=O)OCCCCCCCCCCCCCC/C=C\CCCCCCCCCCC(=O)NC(CO)C(O)CCCCCCCCCCCCCC. The number of aliphatic hydroxyl groups excluding tert-OH is 2. The molecule has 0 aliphatic rings. The first kappa shape index (κ1) is 63.6. The lowest BCUT2D eigenvalue weighted by Crippen LogP contribution is -2.45. The van der Waals surface area contributed by atoms with Crippen molar-refractivity contribution in [2.45, 2.75) is 341 Å². The Kier molecular flexibility index (Phi) is 54.0. The predicted octanol–water partition coefficient (Wildman–Crippen LogP) is 18.1. The van der Waals surface area contributed by atoms with Crippen LogP contribution in [0.2, 0.25) is 0 Å². The van der Waals surface area contributed by atoms with Crippen molar-refractivity contribution >= 4 is 11.9 Å². The molecule has 1 amide bonds. The zero-order chi connectivity index (χ0) is 47.2. The maximum atomic E-state index is 12.4. The van der Waals surface area contributed by atoms with Gasteiger partial charge in [-0.05, 0) is 51.4 Å². The molecular weight excluding hydrogens is 803 g/mol. The number of unbranched alkanes of at least 4 members (excludes halogenated alkanes) is 42. The molecule has 386 valence electrons. The first-order valence-corrected chi connectivity index (χ1v) is 29.4. The van der Waals surface area contributed by atoms with Crippen LogP contribution in [0.25, 0.3) is 0 Å². The highest BCUT2D eigenvalue weighted by Crippen LogP contribution is 2.17. The fraction of sp³-hybridized carbons (Fsp3) is 0.932. The molecule has 2 unspecified atom stereocenters. The third-order valence-corrected chi connectivity index (χ3v) is 13.8. The molecule has 65 heavy (non-hydrogen) atoms. The van der Waals surface area contributed by atoms with E-state index in [1.54, 1.807) is 0 Å². The number of esters is 1. The minimum Gasteiger partial charge on any atom is -0.466 e. The van der Waals surface area contributed by atoms with E-state index in [2.05, 4.69) is 31.3 Å². The Morgan fingerprint density at radius 2 is 0.723 bits per heavy atom. The summed E-state index contributed by atoms with van der Waals surface area (Å²) in [6, 6.07) is -0.543. The van der Waals surface area contributed by atoms with Gasteiger partial charge in [-0.1, -0.05) is 276 Å². The van der Waals surface area contributed by atoms with Crippen molar-refractivity contribution in [3.05, 3.63) is 12.2 Å². The second-order valence-corrected chi connectivity index (χ2v) is 20.3. The van der Waals surface area contributed by atoms with Crippen LogP contribution in [0.4, 0.5) is 0 Å². The maximum absolute atomic E-state index is 12.4. The van der Waals surface area contributed by atoms with E-state index in [1.165, 1.54) is 257 Å². The van der Waals surface area contributed by atoms with Crippen LogP contribution >= 0.6 is 0 Å². The van der Waals surface area contributed by atoms with Gasteiger partial charge in [0.15, 0.2) is 0 Å². The number of ether oxygens (including phenoxy) is 1. The zero-order valence-corrected chi connectivity index (χ0v) is 44.0. The van der Waals surface area contributed by atoms with Crippen LogP contribution in [0.15, 0.2) is 12.2 Å². The first-order valence-electron chi connectivity index (χ1n) is 29.4. The number of aliphatic hydroxyl groups is 2. The van der Waals surface area contributed by atoms with Crippen molar-refractivity contribution in [1.29, 1.82) is 0 Å². The molecule has 0 heterocycles. The number of hydrogen-bond acceptors (Lipinski definition) is 5. The molecule has 6 nitrogen and oxygen atoms in total. The van der Waals surface area contributed by atoms with Crippen LogP contribution in [0.1, 0.15) is 328 Å². The van der Waals surface area contributed by atoms with Crippen LogP contribution in [-0.4, -0.2) is 47.4 Å². The summed E-state index contributed by atoms with van der Waals surface area (Å²) >= 11 is 0. The molecule has 0 aromatic carbocycles. The standard InChI is InChI=1S/C59H115NO5/c1-3-5-7-9-11-13-15-31-35-39-43-47-51-57(62)56(55-61)60-58(63)52-48-44-40-36-32-29-27-25-23-21-19-17-18-20-22-24-26-28-30-34-38-42-46-50-54-65-59(64)53-49-45-41-37-33-16-14-12-10-8-6-4-2/h19,21,56-57,61-62H,3-18,20,22-55H2,1-2H3,(H,60,63)/b21-19-.